The molecule has 4 heterocycles. The van der Waals surface area contributed by atoms with Gasteiger partial charge in [-0.2, -0.15) is 0 Å². The van der Waals surface area contributed by atoms with E-state index in [9.17, 15) is 0 Å². The zero-order valence-corrected chi connectivity index (χ0v) is 28.9. The molecule has 11 rings (SSSR count). The molecular formula is C48H30N4O2. The van der Waals surface area contributed by atoms with Gasteiger partial charge in [-0.1, -0.05) is 127 Å². The van der Waals surface area contributed by atoms with E-state index < -0.39 is 6.17 Å². The average molecular weight is 695 g/mol. The molecule has 0 bridgehead atoms. The molecule has 0 saturated heterocycles. The summed E-state index contributed by atoms with van der Waals surface area (Å²) in [5, 5.41) is 10.1. The fourth-order valence-electron chi connectivity index (χ4n) is 7.98. The maximum atomic E-state index is 6.18. The van der Waals surface area contributed by atoms with Gasteiger partial charge >= 0.3 is 0 Å². The van der Waals surface area contributed by atoms with Gasteiger partial charge in [0.2, 0.25) is 5.71 Å². The van der Waals surface area contributed by atoms with Crippen LogP contribution >= 0.6 is 0 Å². The summed E-state index contributed by atoms with van der Waals surface area (Å²) in [6.07, 6.45) is 1.34. The van der Waals surface area contributed by atoms with E-state index in [1.54, 1.807) is 6.20 Å². The number of benzene rings is 7. The lowest BCUT2D eigenvalue weighted by atomic mass is 9.92. The van der Waals surface area contributed by atoms with E-state index in [0.717, 1.165) is 93.8 Å². The summed E-state index contributed by atoms with van der Waals surface area (Å²) in [5.74, 6) is 1.43. The number of hydrogen-bond acceptors (Lipinski definition) is 6. The van der Waals surface area contributed by atoms with Gasteiger partial charge in [0.15, 0.2) is 5.84 Å². The molecule has 0 saturated carbocycles. The maximum absolute atomic E-state index is 6.18. The standard InChI is InChI=1S/C48H30N4O2/c1-2-11-31(12-3-1)45-50-46(52-47(51-45)38-17-9-21-42-44(38)39-18-10-28-49-48(39)54-42)36-27-26-32(34-13-4-5-14-35(34)36)29-22-24-30(25-23-29)33-16-8-20-41-43(33)37-15-6-7-19-40(37)53-41/h1-28,47H,(H,50,51,52). The Morgan fingerprint density at radius 3 is 1.93 bits per heavy atom. The minimum atomic E-state index is -0.416. The van der Waals surface area contributed by atoms with E-state index in [2.05, 4.69) is 119 Å². The predicted molar refractivity (Wildman–Crippen MR) is 219 cm³/mol. The number of hydrogen-bond donors (Lipinski definition) is 1. The van der Waals surface area contributed by atoms with Gasteiger partial charge in [-0.3, -0.25) is 0 Å². The molecule has 1 aliphatic rings. The number of pyridine rings is 1. The monoisotopic (exact) mass is 694 g/mol. The molecule has 1 atom stereocenters. The van der Waals surface area contributed by atoms with Crippen LogP contribution in [0.1, 0.15) is 22.9 Å². The second-order valence-corrected chi connectivity index (χ2v) is 13.6. The molecule has 10 aromatic rings. The van der Waals surface area contributed by atoms with Crippen LogP contribution in [0.15, 0.2) is 189 Å². The number of aliphatic imine (C=N–C) groups is 2. The normalized spacial score (nSPS) is 14.5. The Morgan fingerprint density at radius 1 is 0.444 bits per heavy atom. The van der Waals surface area contributed by atoms with Gasteiger partial charge in [-0.15, -0.1) is 0 Å². The Balaban J connectivity index is 1.03. The summed E-state index contributed by atoms with van der Waals surface area (Å²) in [6, 6.07) is 56.6. The zero-order valence-electron chi connectivity index (χ0n) is 28.9. The average Bonchev–Trinajstić information content (AvgIpc) is 3.82. The van der Waals surface area contributed by atoms with Crippen molar-refractivity contribution in [3.05, 3.63) is 187 Å². The second kappa shape index (κ2) is 12.1. The summed E-state index contributed by atoms with van der Waals surface area (Å²) < 4.78 is 12.3. The molecule has 7 aromatic carbocycles. The molecular weight excluding hydrogens is 665 g/mol. The first-order valence-corrected chi connectivity index (χ1v) is 18.0. The van der Waals surface area contributed by atoms with Crippen LogP contribution in [0.25, 0.3) is 77.0 Å². The van der Waals surface area contributed by atoms with Crippen molar-refractivity contribution < 1.29 is 8.83 Å². The van der Waals surface area contributed by atoms with E-state index in [4.69, 9.17) is 18.8 Å². The van der Waals surface area contributed by atoms with Crippen molar-refractivity contribution >= 4 is 66.5 Å². The quantitative estimate of drug-likeness (QED) is 0.195. The van der Waals surface area contributed by atoms with Gasteiger partial charge in [0.05, 0.1) is 0 Å². The lowest BCUT2D eigenvalue weighted by molar-refractivity contribution is 0.650. The highest BCUT2D eigenvalue weighted by atomic mass is 16.3. The topological polar surface area (TPSA) is 75.9 Å². The Labute approximate surface area is 309 Å². The van der Waals surface area contributed by atoms with Crippen molar-refractivity contribution in [2.45, 2.75) is 6.17 Å². The second-order valence-electron chi connectivity index (χ2n) is 13.6. The van der Waals surface area contributed by atoms with Gasteiger partial charge in [0.25, 0.3) is 0 Å². The number of furan rings is 2. The van der Waals surface area contributed by atoms with Crippen LogP contribution < -0.4 is 5.32 Å². The minimum absolute atomic E-state index is 0.416. The molecule has 54 heavy (non-hydrogen) atoms. The van der Waals surface area contributed by atoms with Crippen molar-refractivity contribution in [3.8, 4) is 22.3 Å². The highest BCUT2D eigenvalue weighted by Crippen LogP contribution is 2.39. The van der Waals surface area contributed by atoms with Crippen molar-refractivity contribution in [2.75, 3.05) is 0 Å². The lowest BCUT2D eigenvalue weighted by Gasteiger charge is -2.24. The van der Waals surface area contributed by atoms with Gasteiger partial charge < -0.3 is 14.2 Å². The molecule has 6 heteroatoms. The first kappa shape index (κ1) is 30.3. The smallest absolute Gasteiger partial charge is 0.227 e. The van der Waals surface area contributed by atoms with Crippen LogP contribution in [-0.2, 0) is 0 Å². The molecule has 3 aromatic heterocycles. The van der Waals surface area contributed by atoms with E-state index in [0.29, 0.717) is 11.5 Å². The largest absolute Gasteiger partial charge is 0.456 e. The molecule has 6 nitrogen and oxygen atoms in total. The van der Waals surface area contributed by atoms with Crippen LogP contribution in [-0.4, -0.2) is 16.7 Å². The Hall–Kier alpha value is -7.31. The third-order valence-corrected chi connectivity index (χ3v) is 10.5. The van der Waals surface area contributed by atoms with Crippen LogP contribution in [0.3, 0.4) is 0 Å². The van der Waals surface area contributed by atoms with Gasteiger partial charge in [0, 0.05) is 44.4 Å². The summed E-state index contributed by atoms with van der Waals surface area (Å²) in [5.41, 5.74) is 10.7. The number of amidine groups is 2. The Bertz CT molecular complexity index is 3140. The highest BCUT2D eigenvalue weighted by Gasteiger charge is 2.25. The predicted octanol–water partition coefficient (Wildman–Crippen LogP) is 11.9. The molecule has 0 aliphatic carbocycles. The van der Waals surface area contributed by atoms with Crippen molar-refractivity contribution in [1.82, 2.24) is 10.3 Å². The Kier molecular flexibility index (Phi) is 6.82. The van der Waals surface area contributed by atoms with Crippen LogP contribution in [0.5, 0.6) is 0 Å². The fourth-order valence-corrected chi connectivity index (χ4v) is 7.98. The third kappa shape index (κ3) is 4.85. The van der Waals surface area contributed by atoms with Gasteiger partial charge in [-0.05, 0) is 69.4 Å². The molecule has 0 amide bonds. The van der Waals surface area contributed by atoms with E-state index in [1.165, 1.54) is 0 Å². The summed E-state index contributed by atoms with van der Waals surface area (Å²) in [6.45, 7) is 0. The highest BCUT2D eigenvalue weighted by molar-refractivity contribution is 6.19. The summed E-state index contributed by atoms with van der Waals surface area (Å²) in [4.78, 5) is 15.0. The third-order valence-electron chi connectivity index (χ3n) is 10.5. The summed E-state index contributed by atoms with van der Waals surface area (Å²) >= 11 is 0. The van der Waals surface area contributed by atoms with Crippen LogP contribution in [0.4, 0.5) is 0 Å². The first-order valence-electron chi connectivity index (χ1n) is 18.0. The van der Waals surface area contributed by atoms with Crippen LogP contribution in [0, 0.1) is 0 Å². The van der Waals surface area contributed by atoms with Gasteiger partial charge in [0.1, 0.15) is 28.8 Å². The SMILES string of the molecule is c1ccc(C2=NC(c3ccc(-c4ccc(-c5cccc6oc7ccccc7c56)cc4)c4ccccc34)=NC(c3cccc4oc5ncccc5c34)N2)cc1. The molecule has 254 valence electrons. The lowest BCUT2D eigenvalue weighted by Crippen LogP contribution is -2.33. The van der Waals surface area contributed by atoms with Crippen molar-refractivity contribution in [1.29, 1.82) is 0 Å². The molecule has 0 spiro atoms. The number of rotatable bonds is 5. The molecule has 1 N–H and O–H groups in total. The van der Waals surface area contributed by atoms with Crippen LogP contribution in [0.2, 0.25) is 0 Å². The maximum Gasteiger partial charge on any atom is 0.227 e. The number of nitrogens with zero attached hydrogens (tertiary/aromatic N) is 3. The van der Waals surface area contributed by atoms with E-state index in [1.807, 2.05) is 54.6 Å². The van der Waals surface area contributed by atoms with Crippen molar-refractivity contribution in [2.24, 2.45) is 9.98 Å². The fraction of sp³-hybridized carbons (Fsp3) is 0.0208. The number of aromatic nitrogens is 1. The molecule has 0 fully saturated rings. The zero-order chi connectivity index (χ0) is 35.6. The minimum Gasteiger partial charge on any atom is -0.456 e. The number of fused-ring (bicyclic) bond motifs is 7. The van der Waals surface area contributed by atoms with E-state index in [-0.39, 0.29) is 0 Å². The van der Waals surface area contributed by atoms with E-state index >= 15 is 0 Å². The molecule has 1 aliphatic heterocycles. The molecule has 0 radical (unpaired) electrons. The number of para-hydroxylation sites is 1. The first-order chi connectivity index (χ1) is 26.8. The summed E-state index contributed by atoms with van der Waals surface area (Å²) in [7, 11) is 0. The van der Waals surface area contributed by atoms with Gasteiger partial charge in [-0.25, -0.2) is 15.0 Å². The number of nitrogens with one attached hydrogen (secondary N) is 1. The van der Waals surface area contributed by atoms with Crippen molar-refractivity contribution in [3.63, 3.8) is 0 Å². The Morgan fingerprint density at radius 2 is 1.09 bits per heavy atom. The molecule has 1 unspecified atom stereocenters.